The average molecular weight is 262 g/mol. The molecule has 0 atom stereocenters. The lowest BCUT2D eigenvalue weighted by atomic mass is 10.1. The molecule has 0 aliphatic rings. The van der Waals surface area contributed by atoms with E-state index in [2.05, 4.69) is 28.7 Å². The molecule has 0 bridgehead atoms. The summed E-state index contributed by atoms with van der Waals surface area (Å²) in [6.07, 6.45) is 2.11. The Morgan fingerprint density at radius 3 is 2.94 bits per heavy atom. The molecule has 0 aliphatic heterocycles. The number of methoxy groups -OCH3 is 1. The first-order valence-corrected chi connectivity index (χ1v) is 7.33. The smallest absolute Gasteiger partial charge is 0.145 e. The highest BCUT2D eigenvalue weighted by atomic mass is 32.2. The number of rotatable bonds is 5. The van der Waals surface area contributed by atoms with Crippen LogP contribution in [0.25, 0.3) is 10.9 Å². The fourth-order valence-electron chi connectivity index (χ4n) is 1.95. The van der Waals surface area contributed by atoms with Gasteiger partial charge in [0.1, 0.15) is 11.3 Å². The summed E-state index contributed by atoms with van der Waals surface area (Å²) >= 11 is 1.84. The number of hydrogen-bond acceptors (Lipinski definition) is 4. The molecule has 0 saturated heterocycles. The molecule has 0 amide bonds. The molecule has 0 spiro atoms. The van der Waals surface area contributed by atoms with Crippen molar-refractivity contribution in [3.05, 3.63) is 30.0 Å². The maximum atomic E-state index is 5.37. The van der Waals surface area contributed by atoms with Crippen LogP contribution < -0.4 is 10.1 Å². The maximum absolute atomic E-state index is 5.37. The van der Waals surface area contributed by atoms with Crippen LogP contribution in [-0.4, -0.2) is 30.6 Å². The summed E-state index contributed by atoms with van der Waals surface area (Å²) in [5, 5.41) is 4.58. The highest BCUT2D eigenvalue weighted by Crippen LogP contribution is 2.29. The first-order chi connectivity index (χ1) is 8.76. The van der Waals surface area contributed by atoms with E-state index >= 15 is 0 Å². The molecular formula is C14H18N2OS. The van der Waals surface area contributed by atoms with Crippen molar-refractivity contribution in [2.45, 2.75) is 6.92 Å². The lowest BCUT2D eigenvalue weighted by Crippen LogP contribution is -2.05. The molecule has 1 N–H and O–H groups in total. The van der Waals surface area contributed by atoms with Gasteiger partial charge >= 0.3 is 0 Å². The van der Waals surface area contributed by atoms with Crippen molar-refractivity contribution >= 4 is 28.4 Å². The van der Waals surface area contributed by atoms with E-state index in [1.54, 1.807) is 7.11 Å². The van der Waals surface area contributed by atoms with Gasteiger partial charge in [0.05, 0.1) is 7.11 Å². The second kappa shape index (κ2) is 5.96. The molecule has 1 heterocycles. The topological polar surface area (TPSA) is 34.1 Å². The zero-order valence-electron chi connectivity index (χ0n) is 11.0. The number of aryl methyl sites for hydroxylation is 1. The van der Waals surface area contributed by atoms with E-state index in [4.69, 9.17) is 4.74 Å². The number of aromatic nitrogens is 1. The van der Waals surface area contributed by atoms with Crippen LogP contribution in [0.15, 0.2) is 24.3 Å². The zero-order chi connectivity index (χ0) is 13.0. The maximum Gasteiger partial charge on any atom is 0.145 e. The van der Waals surface area contributed by atoms with Crippen LogP contribution in [0.3, 0.4) is 0 Å². The molecule has 0 aliphatic carbocycles. The van der Waals surface area contributed by atoms with Gasteiger partial charge in [-0.25, -0.2) is 4.98 Å². The summed E-state index contributed by atoms with van der Waals surface area (Å²) in [6, 6.07) is 8.10. The van der Waals surface area contributed by atoms with Gasteiger partial charge in [-0.1, -0.05) is 12.1 Å². The number of hydrogen-bond donors (Lipinski definition) is 1. The third-order valence-corrected chi connectivity index (χ3v) is 3.38. The molecule has 18 heavy (non-hydrogen) atoms. The third-order valence-electron chi connectivity index (χ3n) is 2.77. The predicted octanol–water partition coefficient (Wildman–Crippen LogP) is 3.33. The standard InChI is InChI=1S/C14H18N2OS/c1-10-9-12(15-7-8-18-3)11-5-4-6-13(17-2)14(11)16-10/h4-6,9H,7-8H2,1-3H3,(H,15,16). The normalized spacial score (nSPS) is 10.6. The van der Waals surface area contributed by atoms with Gasteiger partial charge in [-0.3, -0.25) is 0 Å². The number of benzene rings is 1. The summed E-state index contributed by atoms with van der Waals surface area (Å²) in [7, 11) is 1.68. The number of anilines is 1. The SMILES string of the molecule is COc1cccc2c(NCCSC)cc(C)nc12. The number of pyridine rings is 1. The van der Waals surface area contributed by atoms with Gasteiger partial charge in [0.2, 0.25) is 0 Å². The van der Waals surface area contributed by atoms with Crippen molar-refractivity contribution in [3.8, 4) is 5.75 Å². The number of nitrogens with one attached hydrogen (secondary N) is 1. The molecule has 96 valence electrons. The monoisotopic (exact) mass is 262 g/mol. The molecule has 2 rings (SSSR count). The van der Waals surface area contributed by atoms with Gasteiger partial charge in [0, 0.05) is 29.1 Å². The molecule has 1 aromatic heterocycles. The van der Waals surface area contributed by atoms with Crippen molar-refractivity contribution in [2.24, 2.45) is 0 Å². The minimum Gasteiger partial charge on any atom is -0.494 e. The van der Waals surface area contributed by atoms with Gasteiger partial charge in [0.15, 0.2) is 0 Å². The van der Waals surface area contributed by atoms with Gasteiger partial charge < -0.3 is 10.1 Å². The minimum absolute atomic E-state index is 0.823. The van der Waals surface area contributed by atoms with Crippen molar-refractivity contribution in [1.29, 1.82) is 0 Å². The fraction of sp³-hybridized carbons (Fsp3) is 0.357. The summed E-state index contributed by atoms with van der Waals surface area (Å²) in [5.41, 5.74) is 3.05. The Morgan fingerprint density at radius 1 is 1.39 bits per heavy atom. The second-order valence-electron chi connectivity index (χ2n) is 4.09. The molecule has 3 nitrogen and oxygen atoms in total. The summed E-state index contributed by atoms with van der Waals surface area (Å²) < 4.78 is 5.37. The lowest BCUT2D eigenvalue weighted by molar-refractivity contribution is 0.419. The van der Waals surface area contributed by atoms with Gasteiger partial charge in [-0.15, -0.1) is 0 Å². The van der Waals surface area contributed by atoms with Crippen molar-refractivity contribution < 1.29 is 4.74 Å². The molecule has 0 radical (unpaired) electrons. The first kappa shape index (κ1) is 13.0. The van der Waals surface area contributed by atoms with E-state index in [0.29, 0.717) is 0 Å². The number of thioether (sulfide) groups is 1. The van der Waals surface area contributed by atoms with Gasteiger partial charge in [-0.05, 0) is 25.3 Å². The third kappa shape index (κ3) is 2.70. The molecule has 1 aromatic carbocycles. The lowest BCUT2D eigenvalue weighted by Gasteiger charge is -2.12. The van der Waals surface area contributed by atoms with Crippen LogP contribution in [0.1, 0.15) is 5.69 Å². The second-order valence-corrected chi connectivity index (χ2v) is 5.07. The van der Waals surface area contributed by atoms with Crippen LogP contribution in [0.5, 0.6) is 5.75 Å². The van der Waals surface area contributed by atoms with E-state index in [1.807, 2.05) is 30.8 Å². The van der Waals surface area contributed by atoms with E-state index in [9.17, 15) is 0 Å². The Hall–Kier alpha value is -1.42. The fourth-order valence-corrected chi connectivity index (χ4v) is 2.26. The largest absolute Gasteiger partial charge is 0.494 e. The van der Waals surface area contributed by atoms with E-state index in [-0.39, 0.29) is 0 Å². The minimum atomic E-state index is 0.823. The van der Waals surface area contributed by atoms with Gasteiger partial charge in [-0.2, -0.15) is 11.8 Å². The van der Waals surface area contributed by atoms with Crippen LogP contribution in [0.4, 0.5) is 5.69 Å². The van der Waals surface area contributed by atoms with Crippen molar-refractivity contribution in [1.82, 2.24) is 4.98 Å². The Bertz CT molecular complexity index is 543. The summed E-state index contributed by atoms with van der Waals surface area (Å²) in [5.74, 6) is 1.91. The number of ether oxygens (including phenoxy) is 1. The Balaban J connectivity index is 2.45. The number of nitrogens with zero attached hydrogens (tertiary/aromatic N) is 1. The molecular weight excluding hydrogens is 244 g/mol. The number of fused-ring (bicyclic) bond motifs is 1. The Morgan fingerprint density at radius 2 is 2.22 bits per heavy atom. The molecule has 2 aromatic rings. The van der Waals surface area contributed by atoms with Crippen LogP contribution in [-0.2, 0) is 0 Å². The molecule has 0 unspecified atom stereocenters. The summed E-state index contributed by atoms with van der Waals surface area (Å²) in [6.45, 7) is 2.96. The Kier molecular flexibility index (Phi) is 4.31. The molecule has 0 fully saturated rings. The highest BCUT2D eigenvalue weighted by Gasteiger charge is 2.07. The Labute approximate surface area is 112 Å². The summed E-state index contributed by atoms with van der Waals surface area (Å²) in [4.78, 5) is 4.57. The number of para-hydroxylation sites is 1. The van der Waals surface area contributed by atoms with Crippen molar-refractivity contribution in [3.63, 3.8) is 0 Å². The highest BCUT2D eigenvalue weighted by molar-refractivity contribution is 7.98. The van der Waals surface area contributed by atoms with Crippen molar-refractivity contribution in [2.75, 3.05) is 31.0 Å². The van der Waals surface area contributed by atoms with Gasteiger partial charge in [0.25, 0.3) is 0 Å². The van der Waals surface area contributed by atoms with Crippen LogP contribution >= 0.6 is 11.8 Å². The first-order valence-electron chi connectivity index (χ1n) is 5.93. The van der Waals surface area contributed by atoms with E-state index in [1.165, 1.54) is 0 Å². The quantitative estimate of drug-likeness (QED) is 0.838. The van der Waals surface area contributed by atoms with E-state index < -0.39 is 0 Å². The van der Waals surface area contributed by atoms with Crippen LogP contribution in [0.2, 0.25) is 0 Å². The van der Waals surface area contributed by atoms with E-state index in [0.717, 1.165) is 40.3 Å². The molecule has 0 saturated carbocycles. The zero-order valence-corrected chi connectivity index (χ0v) is 11.8. The predicted molar refractivity (Wildman–Crippen MR) is 79.9 cm³/mol. The average Bonchev–Trinajstić information content (AvgIpc) is 2.38. The van der Waals surface area contributed by atoms with Crippen LogP contribution in [0, 0.1) is 6.92 Å². The molecule has 4 heteroatoms.